The molecule has 0 aliphatic heterocycles. The number of ether oxygens (including phenoxy) is 1. The van der Waals surface area contributed by atoms with E-state index in [4.69, 9.17) is 16.3 Å². The van der Waals surface area contributed by atoms with E-state index in [0.717, 1.165) is 10.9 Å². The molecule has 0 aliphatic rings. The monoisotopic (exact) mass is 473 g/mol. The van der Waals surface area contributed by atoms with Gasteiger partial charge in [-0.05, 0) is 48.5 Å². The number of rotatable bonds is 6. The summed E-state index contributed by atoms with van der Waals surface area (Å²) >= 11 is 6.42. The Morgan fingerprint density at radius 3 is 2.82 bits per heavy atom. The van der Waals surface area contributed by atoms with Crippen LogP contribution in [0.15, 0.2) is 67.3 Å². The highest BCUT2D eigenvalue weighted by atomic mass is 35.5. The first-order chi connectivity index (χ1) is 16.5. The number of pyridine rings is 1. The molecule has 3 N–H and O–H groups in total. The minimum Gasteiger partial charge on any atom is -0.454 e. The zero-order valence-corrected chi connectivity index (χ0v) is 18.9. The van der Waals surface area contributed by atoms with Gasteiger partial charge in [-0.25, -0.2) is 9.97 Å². The minimum atomic E-state index is -0.646. The lowest BCUT2D eigenvalue weighted by molar-refractivity contribution is -0.119. The molecule has 0 saturated heterocycles. The Hall–Kier alpha value is -4.19. The fourth-order valence-electron chi connectivity index (χ4n) is 3.11. The Morgan fingerprint density at radius 2 is 2.09 bits per heavy atom. The maximum absolute atomic E-state index is 11.2. The maximum atomic E-state index is 11.2. The molecule has 8 nitrogen and oxygen atoms in total. The van der Waals surface area contributed by atoms with Crippen LogP contribution in [-0.4, -0.2) is 38.6 Å². The summed E-state index contributed by atoms with van der Waals surface area (Å²) in [5, 5.41) is 16.4. The number of hydrogen-bond donors (Lipinski definition) is 3. The van der Waals surface area contributed by atoms with Gasteiger partial charge in [0.1, 0.15) is 29.7 Å². The summed E-state index contributed by atoms with van der Waals surface area (Å²) in [6.07, 6.45) is 4.74. The summed E-state index contributed by atoms with van der Waals surface area (Å²) < 4.78 is 5.77. The summed E-state index contributed by atoms with van der Waals surface area (Å²) in [6.45, 7) is 1.09. The molecule has 0 saturated carbocycles. The fourth-order valence-corrected chi connectivity index (χ4v) is 3.33. The summed E-state index contributed by atoms with van der Waals surface area (Å²) in [5.41, 5.74) is 2.13. The van der Waals surface area contributed by atoms with Gasteiger partial charge in [-0.15, -0.1) is 0 Å². The van der Waals surface area contributed by atoms with Gasteiger partial charge in [0.25, 0.3) is 0 Å². The van der Waals surface area contributed by atoms with Crippen molar-refractivity contribution in [2.75, 3.05) is 11.9 Å². The highest BCUT2D eigenvalue weighted by Crippen LogP contribution is 2.33. The van der Waals surface area contributed by atoms with Crippen LogP contribution in [0, 0.1) is 11.8 Å². The number of hydrogen-bond acceptors (Lipinski definition) is 7. The van der Waals surface area contributed by atoms with Gasteiger partial charge in [0.15, 0.2) is 0 Å². The van der Waals surface area contributed by atoms with Crippen LogP contribution in [0.2, 0.25) is 5.02 Å². The number of aromatic nitrogens is 3. The van der Waals surface area contributed by atoms with E-state index in [2.05, 4.69) is 37.4 Å². The Bertz CT molecular complexity index is 1390. The van der Waals surface area contributed by atoms with Crippen LogP contribution < -0.4 is 15.4 Å². The van der Waals surface area contributed by atoms with Crippen molar-refractivity contribution in [1.29, 1.82) is 0 Å². The molecule has 0 fully saturated rings. The van der Waals surface area contributed by atoms with Crippen LogP contribution in [0.25, 0.3) is 10.9 Å². The topological polar surface area (TPSA) is 109 Å². The van der Waals surface area contributed by atoms with Gasteiger partial charge in [-0.2, -0.15) is 0 Å². The molecule has 4 aromatic rings. The SMILES string of the molecule is CC(=O)NC(C#Cc1ccc2ncnc(Nc3ccc(Oc4cccnc4)c(Cl)c3)c2c1)CO. The number of carbonyl (C=O) groups excluding carboxylic acids is 1. The Labute approximate surface area is 201 Å². The van der Waals surface area contributed by atoms with Crippen molar-refractivity contribution in [3.05, 3.63) is 77.8 Å². The van der Waals surface area contributed by atoms with Crippen LogP contribution >= 0.6 is 11.6 Å². The Kier molecular flexibility index (Phi) is 7.18. The second-order valence-electron chi connectivity index (χ2n) is 7.22. The summed E-state index contributed by atoms with van der Waals surface area (Å²) in [7, 11) is 0. The first-order valence-electron chi connectivity index (χ1n) is 10.3. The predicted octanol–water partition coefficient (Wildman–Crippen LogP) is 4.06. The van der Waals surface area contributed by atoms with Gasteiger partial charge >= 0.3 is 0 Å². The maximum Gasteiger partial charge on any atom is 0.217 e. The molecule has 0 bridgehead atoms. The minimum absolute atomic E-state index is 0.262. The molecule has 1 unspecified atom stereocenters. The zero-order valence-electron chi connectivity index (χ0n) is 18.1. The molecule has 0 spiro atoms. The second-order valence-corrected chi connectivity index (χ2v) is 7.63. The smallest absolute Gasteiger partial charge is 0.217 e. The fraction of sp³-hybridized carbons (Fsp3) is 0.120. The number of fused-ring (bicyclic) bond motifs is 1. The highest BCUT2D eigenvalue weighted by Gasteiger charge is 2.09. The van der Waals surface area contributed by atoms with E-state index in [0.29, 0.717) is 33.6 Å². The average molecular weight is 474 g/mol. The van der Waals surface area contributed by atoms with Gasteiger partial charge in [-0.3, -0.25) is 9.78 Å². The molecule has 0 aliphatic carbocycles. The lowest BCUT2D eigenvalue weighted by Crippen LogP contribution is -2.34. The molecule has 4 rings (SSSR count). The van der Waals surface area contributed by atoms with Gasteiger partial charge in [0.2, 0.25) is 5.91 Å². The molecule has 2 heterocycles. The highest BCUT2D eigenvalue weighted by molar-refractivity contribution is 6.32. The van der Waals surface area contributed by atoms with Crippen LogP contribution in [0.5, 0.6) is 11.5 Å². The molecule has 9 heteroatoms. The van der Waals surface area contributed by atoms with Crippen LogP contribution in [-0.2, 0) is 4.79 Å². The number of aliphatic hydroxyl groups excluding tert-OH is 1. The summed E-state index contributed by atoms with van der Waals surface area (Å²) in [5.74, 6) is 7.23. The third-order valence-corrected chi connectivity index (χ3v) is 4.94. The molecule has 1 atom stereocenters. The van der Waals surface area contributed by atoms with Gasteiger partial charge in [0.05, 0.1) is 23.3 Å². The van der Waals surface area contributed by atoms with E-state index in [1.54, 1.807) is 36.7 Å². The molecule has 0 radical (unpaired) electrons. The second kappa shape index (κ2) is 10.6. The quantitative estimate of drug-likeness (QED) is 0.362. The first-order valence-corrected chi connectivity index (χ1v) is 10.7. The van der Waals surface area contributed by atoms with E-state index >= 15 is 0 Å². The van der Waals surface area contributed by atoms with Crippen LogP contribution in [0.3, 0.4) is 0 Å². The van der Waals surface area contributed by atoms with Crippen molar-refractivity contribution in [2.24, 2.45) is 0 Å². The molecule has 2 aromatic heterocycles. The van der Waals surface area contributed by atoms with Crippen molar-refractivity contribution in [3.63, 3.8) is 0 Å². The third kappa shape index (κ3) is 5.78. The number of anilines is 2. The first kappa shape index (κ1) is 23.0. The van der Waals surface area contributed by atoms with Crippen molar-refractivity contribution in [3.8, 4) is 23.3 Å². The summed E-state index contributed by atoms with van der Waals surface area (Å²) in [4.78, 5) is 23.9. The number of carbonyl (C=O) groups is 1. The van der Waals surface area contributed by atoms with Gasteiger partial charge in [-0.1, -0.05) is 23.4 Å². The molecule has 2 aromatic carbocycles. The Balaban J connectivity index is 1.58. The van der Waals surface area contributed by atoms with E-state index < -0.39 is 6.04 Å². The lowest BCUT2D eigenvalue weighted by atomic mass is 10.1. The van der Waals surface area contributed by atoms with Crippen LogP contribution in [0.1, 0.15) is 12.5 Å². The van der Waals surface area contributed by atoms with E-state index in [1.807, 2.05) is 24.3 Å². The van der Waals surface area contributed by atoms with Crippen LogP contribution in [0.4, 0.5) is 11.5 Å². The van der Waals surface area contributed by atoms with Crippen molar-refractivity contribution >= 4 is 39.9 Å². The molecule has 1 amide bonds. The molecular weight excluding hydrogens is 454 g/mol. The normalized spacial score (nSPS) is 11.3. The number of amides is 1. The molecule has 34 heavy (non-hydrogen) atoms. The van der Waals surface area contributed by atoms with E-state index in [9.17, 15) is 9.90 Å². The Morgan fingerprint density at radius 1 is 1.21 bits per heavy atom. The molecular formula is C25H20ClN5O3. The van der Waals surface area contributed by atoms with Crippen molar-refractivity contribution in [2.45, 2.75) is 13.0 Å². The van der Waals surface area contributed by atoms with E-state index in [1.165, 1.54) is 13.3 Å². The van der Waals surface area contributed by atoms with Gasteiger partial charge in [0, 0.05) is 29.8 Å². The average Bonchev–Trinajstić information content (AvgIpc) is 2.84. The number of halogens is 1. The van der Waals surface area contributed by atoms with Crippen molar-refractivity contribution < 1.29 is 14.6 Å². The standard InChI is InChI=1S/C25H20ClN5O3/c1-16(33)30-19(14-32)6-4-17-5-8-23-21(11-17)25(29-15-28-23)31-18-7-9-24(22(26)12-18)34-20-3-2-10-27-13-20/h2-3,5,7-13,15,19,32H,14H2,1H3,(H,30,33)(H,28,29,31). The lowest BCUT2D eigenvalue weighted by Gasteiger charge is -2.11. The number of nitrogens with one attached hydrogen (secondary N) is 2. The number of benzene rings is 2. The largest absolute Gasteiger partial charge is 0.454 e. The van der Waals surface area contributed by atoms with Crippen molar-refractivity contribution in [1.82, 2.24) is 20.3 Å². The molecule has 170 valence electrons. The number of aliphatic hydroxyl groups is 1. The summed E-state index contributed by atoms with van der Waals surface area (Å²) in [6, 6.07) is 13.7. The zero-order chi connectivity index (χ0) is 23.9. The number of nitrogens with zero attached hydrogens (tertiary/aromatic N) is 3. The van der Waals surface area contributed by atoms with E-state index in [-0.39, 0.29) is 12.5 Å². The third-order valence-electron chi connectivity index (χ3n) is 4.64. The predicted molar refractivity (Wildman–Crippen MR) is 130 cm³/mol. The van der Waals surface area contributed by atoms with Gasteiger partial charge < -0.3 is 20.5 Å².